The van der Waals surface area contributed by atoms with Crippen molar-refractivity contribution >= 4 is 11.4 Å². The summed E-state index contributed by atoms with van der Waals surface area (Å²) in [6.07, 6.45) is 4.72. The molecule has 3 rings (SSSR count). The standard InChI is InChI=1S/C14H20N2O/c15-12-3-4-14-11(10-12)2-1-7-16(14)13-5-8-17-9-6-13/h3-4,10,13H,1-2,5-9,15H2. The maximum absolute atomic E-state index is 5.87. The maximum Gasteiger partial charge on any atom is 0.0485 e. The minimum Gasteiger partial charge on any atom is -0.399 e. The predicted octanol–water partition coefficient (Wildman–Crippen LogP) is 2.20. The highest BCUT2D eigenvalue weighted by molar-refractivity contribution is 5.61. The van der Waals surface area contributed by atoms with Gasteiger partial charge in [0.1, 0.15) is 0 Å². The number of nitrogens with zero attached hydrogens (tertiary/aromatic N) is 1. The van der Waals surface area contributed by atoms with Gasteiger partial charge in [0.25, 0.3) is 0 Å². The Bertz CT molecular complexity index is 399. The molecule has 0 amide bonds. The van der Waals surface area contributed by atoms with Crippen LogP contribution in [0.1, 0.15) is 24.8 Å². The van der Waals surface area contributed by atoms with Crippen LogP contribution in [0.3, 0.4) is 0 Å². The predicted molar refractivity (Wildman–Crippen MR) is 70.4 cm³/mol. The Morgan fingerprint density at radius 1 is 1.24 bits per heavy atom. The van der Waals surface area contributed by atoms with Crippen LogP contribution < -0.4 is 10.6 Å². The smallest absolute Gasteiger partial charge is 0.0485 e. The number of rotatable bonds is 1. The highest BCUT2D eigenvalue weighted by Gasteiger charge is 2.25. The zero-order chi connectivity index (χ0) is 11.7. The number of benzene rings is 1. The molecule has 0 bridgehead atoms. The highest BCUT2D eigenvalue weighted by Crippen LogP contribution is 2.32. The second-order valence-electron chi connectivity index (χ2n) is 5.03. The number of nitrogens with two attached hydrogens (primary N) is 1. The van der Waals surface area contributed by atoms with E-state index in [-0.39, 0.29) is 0 Å². The van der Waals surface area contributed by atoms with Crippen molar-refractivity contribution in [2.45, 2.75) is 31.7 Å². The molecule has 0 atom stereocenters. The summed E-state index contributed by atoms with van der Waals surface area (Å²) >= 11 is 0. The summed E-state index contributed by atoms with van der Waals surface area (Å²) in [6, 6.07) is 7.02. The monoisotopic (exact) mass is 232 g/mol. The van der Waals surface area contributed by atoms with Crippen molar-refractivity contribution in [3.63, 3.8) is 0 Å². The lowest BCUT2D eigenvalue weighted by atomic mass is 9.97. The molecule has 0 saturated carbocycles. The van der Waals surface area contributed by atoms with Gasteiger partial charge in [-0.15, -0.1) is 0 Å². The second-order valence-corrected chi connectivity index (χ2v) is 5.03. The van der Waals surface area contributed by atoms with Gasteiger partial charge < -0.3 is 15.4 Å². The average Bonchev–Trinajstić information content (AvgIpc) is 2.39. The number of hydrogen-bond acceptors (Lipinski definition) is 3. The molecule has 0 unspecified atom stereocenters. The summed E-state index contributed by atoms with van der Waals surface area (Å²) < 4.78 is 5.45. The van der Waals surface area contributed by atoms with Crippen LogP contribution in [-0.2, 0) is 11.2 Å². The van der Waals surface area contributed by atoms with E-state index in [1.54, 1.807) is 0 Å². The number of aryl methyl sites for hydroxylation is 1. The van der Waals surface area contributed by atoms with Gasteiger partial charge in [0, 0.05) is 37.2 Å². The van der Waals surface area contributed by atoms with Crippen molar-refractivity contribution in [2.75, 3.05) is 30.4 Å². The lowest BCUT2D eigenvalue weighted by molar-refractivity contribution is 0.0841. The van der Waals surface area contributed by atoms with E-state index in [0.717, 1.165) is 31.7 Å². The number of hydrogen-bond donors (Lipinski definition) is 1. The molecule has 2 aliphatic heterocycles. The van der Waals surface area contributed by atoms with E-state index in [1.807, 2.05) is 6.07 Å². The SMILES string of the molecule is Nc1ccc2c(c1)CCCN2C1CCOCC1. The molecule has 2 heterocycles. The first-order valence-corrected chi connectivity index (χ1v) is 6.57. The topological polar surface area (TPSA) is 38.5 Å². The summed E-state index contributed by atoms with van der Waals surface area (Å²) in [5.41, 5.74) is 9.57. The largest absolute Gasteiger partial charge is 0.399 e. The molecule has 1 aromatic rings. The van der Waals surface area contributed by atoms with Gasteiger partial charge in [-0.2, -0.15) is 0 Å². The molecule has 3 nitrogen and oxygen atoms in total. The summed E-state index contributed by atoms with van der Waals surface area (Å²) in [7, 11) is 0. The Labute approximate surface area is 103 Å². The van der Waals surface area contributed by atoms with E-state index < -0.39 is 0 Å². The van der Waals surface area contributed by atoms with Crippen molar-refractivity contribution in [3.05, 3.63) is 23.8 Å². The van der Waals surface area contributed by atoms with Crippen molar-refractivity contribution in [1.82, 2.24) is 0 Å². The first kappa shape index (κ1) is 10.9. The van der Waals surface area contributed by atoms with E-state index in [4.69, 9.17) is 10.5 Å². The molecule has 17 heavy (non-hydrogen) atoms. The van der Waals surface area contributed by atoms with Gasteiger partial charge in [0.15, 0.2) is 0 Å². The molecule has 92 valence electrons. The van der Waals surface area contributed by atoms with Crippen LogP contribution in [0.2, 0.25) is 0 Å². The van der Waals surface area contributed by atoms with E-state index in [0.29, 0.717) is 6.04 Å². The maximum atomic E-state index is 5.87. The molecular weight excluding hydrogens is 212 g/mol. The molecule has 3 heteroatoms. The van der Waals surface area contributed by atoms with Gasteiger partial charge in [-0.25, -0.2) is 0 Å². The first-order valence-electron chi connectivity index (χ1n) is 6.57. The van der Waals surface area contributed by atoms with Crippen LogP contribution in [0, 0.1) is 0 Å². The molecule has 1 fully saturated rings. The van der Waals surface area contributed by atoms with Gasteiger partial charge in [-0.05, 0) is 49.4 Å². The van der Waals surface area contributed by atoms with Crippen molar-refractivity contribution < 1.29 is 4.74 Å². The van der Waals surface area contributed by atoms with E-state index in [2.05, 4.69) is 17.0 Å². The molecule has 0 radical (unpaired) electrons. The molecular formula is C14H20N2O. The average molecular weight is 232 g/mol. The van der Waals surface area contributed by atoms with Gasteiger partial charge in [-0.1, -0.05) is 0 Å². The van der Waals surface area contributed by atoms with Crippen molar-refractivity contribution in [2.24, 2.45) is 0 Å². The van der Waals surface area contributed by atoms with Crippen molar-refractivity contribution in [3.8, 4) is 0 Å². The van der Waals surface area contributed by atoms with E-state index >= 15 is 0 Å². The van der Waals surface area contributed by atoms with E-state index in [9.17, 15) is 0 Å². The Morgan fingerprint density at radius 3 is 2.88 bits per heavy atom. The fourth-order valence-electron chi connectivity index (χ4n) is 3.02. The van der Waals surface area contributed by atoms with Gasteiger partial charge in [-0.3, -0.25) is 0 Å². The molecule has 0 aliphatic carbocycles. The molecule has 2 aliphatic rings. The molecule has 0 spiro atoms. The molecule has 1 saturated heterocycles. The number of anilines is 2. The normalized spacial score (nSPS) is 21.3. The zero-order valence-electron chi connectivity index (χ0n) is 10.2. The lowest BCUT2D eigenvalue weighted by Gasteiger charge is -2.39. The molecule has 2 N–H and O–H groups in total. The van der Waals surface area contributed by atoms with Crippen LogP contribution in [0.15, 0.2) is 18.2 Å². The number of nitrogen functional groups attached to an aromatic ring is 1. The Kier molecular flexibility index (Phi) is 2.93. The van der Waals surface area contributed by atoms with Crippen LogP contribution >= 0.6 is 0 Å². The van der Waals surface area contributed by atoms with Gasteiger partial charge in [0.05, 0.1) is 0 Å². The summed E-state index contributed by atoms with van der Waals surface area (Å²) in [5, 5.41) is 0. The summed E-state index contributed by atoms with van der Waals surface area (Å²) in [4.78, 5) is 2.57. The zero-order valence-corrected chi connectivity index (χ0v) is 10.2. The Morgan fingerprint density at radius 2 is 2.06 bits per heavy atom. The van der Waals surface area contributed by atoms with Crippen LogP contribution in [-0.4, -0.2) is 25.8 Å². The summed E-state index contributed by atoms with van der Waals surface area (Å²) in [5.74, 6) is 0. The third kappa shape index (κ3) is 2.12. The lowest BCUT2D eigenvalue weighted by Crippen LogP contribution is -2.42. The Balaban J connectivity index is 1.88. The number of ether oxygens (including phenoxy) is 1. The third-order valence-electron chi connectivity index (χ3n) is 3.89. The van der Waals surface area contributed by atoms with Gasteiger partial charge >= 0.3 is 0 Å². The molecule has 0 aromatic heterocycles. The molecule has 1 aromatic carbocycles. The van der Waals surface area contributed by atoms with Crippen LogP contribution in [0.4, 0.5) is 11.4 Å². The quantitative estimate of drug-likeness (QED) is 0.754. The highest BCUT2D eigenvalue weighted by atomic mass is 16.5. The van der Waals surface area contributed by atoms with Crippen molar-refractivity contribution in [1.29, 1.82) is 0 Å². The minimum absolute atomic E-state index is 0.659. The van der Waals surface area contributed by atoms with Crippen LogP contribution in [0.5, 0.6) is 0 Å². The van der Waals surface area contributed by atoms with E-state index in [1.165, 1.54) is 30.6 Å². The second kappa shape index (κ2) is 4.57. The minimum atomic E-state index is 0.659. The number of fused-ring (bicyclic) bond motifs is 1. The Hall–Kier alpha value is -1.22. The third-order valence-corrected chi connectivity index (χ3v) is 3.89. The summed E-state index contributed by atoms with van der Waals surface area (Å²) in [6.45, 7) is 3.00. The fraction of sp³-hybridized carbons (Fsp3) is 0.571. The fourth-order valence-corrected chi connectivity index (χ4v) is 3.02. The van der Waals surface area contributed by atoms with Crippen LogP contribution in [0.25, 0.3) is 0 Å². The van der Waals surface area contributed by atoms with Gasteiger partial charge in [0.2, 0.25) is 0 Å². The first-order chi connectivity index (χ1) is 8.34.